The van der Waals surface area contributed by atoms with Crippen LogP contribution in [0.15, 0.2) is 42.4 Å². The van der Waals surface area contributed by atoms with Crippen LogP contribution in [0, 0.1) is 0 Å². The van der Waals surface area contributed by atoms with Gasteiger partial charge in [-0.15, -0.1) is 11.3 Å². The van der Waals surface area contributed by atoms with Gasteiger partial charge in [0.15, 0.2) is 0 Å². The van der Waals surface area contributed by atoms with Crippen LogP contribution in [0.3, 0.4) is 0 Å². The molecule has 2 aromatic heterocycles. The van der Waals surface area contributed by atoms with Crippen LogP contribution in [-0.4, -0.2) is 70.1 Å². The maximum Gasteiger partial charge on any atom is 0.325 e. The first-order valence-corrected chi connectivity index (χ1v) is 13.8. The Balaban J connectivity index is 1.29. The van der Waals surface area contributed by atoms with Gasteiger partial charge in [0.1, 0.15) is 21.8 Å². The Hall–Kier alpha value is -3.17. The van der Waals surface area contributed by atoms with Gasteiger partial charge in [-0.25, -0.2) is 9.78 Å². The van der Waals surface area contributed by atoms with E-state index in [1.54, 1.807) is 38.0 Å². The molecule has 1 atom stereocenters. The predicted octanol–water partition coefficient (Wildman–Crippen LogP) is 5.00. The predicted molar refractivity (Wildman–Crippen MR) is 144 cm³/mol. The summed E-state index contributed by atoms with van der Waals surface area (Å²) < 4.78 is 11.3. The fraction of sp³-hybridized carbons (Fsp3) is 0.464. The van der Waals surface area contributed by atoms with Crippen molar-refractivity contribution in [1.29, 1.82) is 0 Å². The number of nitrogens with zero attached hydrogens (tertiary/aromatic N) is 5. The first-order valence-electron chi connectivity index (χ1n) is 13.0. The molecule has 1 spiro atoms. The molecule has 0 bridgehead atoms. The van der Waals surface area contributed by atoms with E-state index in [0.717, 1.165) is 71.1 Å². The quantitative estimate of drug-likeness (QED) is 0.472. The fourth-order valence-electron chi connectivity index (χ4n) is 6.46. The highest BCUT2D eigenvalue weighted by Gasteiger charge is 2.54. The van der Waals surface area contributed by atoms with Gasteiger partial charge in [-0.1, -0.05) is 13.0 Å². The summed E-state index contributed by atoms with van der Waals surface area (Å²) in [6, 6.07) is 6.25. The van der Waals surface area contributed by atoms with Crippen molar-refractivity contribution in [3.63, 3.8) is 0 Å². The summed E-state index contributed by atoms with van der Waals surface area (Å²) in [5.74, 6) is 1.68. The normalized spacial score (nSPS) is 21.1. The minimum atomic E-state index is -0.279. The van der Waals surface area contributed by atoms with Crippen LogP contribution in [0.2, 0.25) is 0 Å². The number of methoxy groups -OCH3 is 2. The van der Waals surface area contributed by atoms with Gasteiger partial charge in [0.25, 0.3) is 0 Å². The maximum atomic E-state index is 13.8. The van der Waals surface area contributed by atoms with E-state index in [2.05, 4.69) is 51.8 Å². The zero-order chi connectivity index (χ0) is 25.7. The highest BCUT2D eigenvalue weighted by molar-refractivity contribution is 7.18. The number of rotatable bonds is 5. The molecule has 0 N–H and O–H groups in total. The molecule has 2 amide bonds. The van der Waals surface area contributed by atoms with E-state index in [0.29, 0.717) is 13.1 Å². The van der Waals surface area contributed by atoms with Gasteiger partial charge in [0.05, 0.1) is 26.3 Å². The molecule has 6 rings (SSSR count). The summed E-state index contributed by atoms with van der Waals surface area (Å²) >= 11 is 1.72. The van der Waals surface area contributed by atoms with E-state index in [1.807, 2.05) is 11.0 Å². The van der Waals surface area contributed by atoms with Crippen molar-refractivity contribution < 1.29 is 14.3 Å². The van der Waals surface area contributed by atoms with Crippen LogP contribution in [-0.2, 0) is 13.1 Å². The molecule has 3 aromatic rings. The summed E-state index contributed by atoms with van der Waals surface area (Å²) in [6.07, 6.45) is 7.64. The van der Waals surface area contributed by atoms with Crippen molar-refractivity contribution in [3.8, 4) is 11.5 Å². The number of likely N-dealkylation sites (tertiary alicyclic amines) is 1. The fourth-order valence-corrected chi connectivity index (χ4v) is 7.46. The van der Waals surface area contributed by atoms with Gasteiger partial charge in [0, 0.05) is 66.7 Å². The molecular formula is C28H33N5O3S. The molecule has 2 saturated heterocycles. The van der Waals surface area contributed by atoms with Crippen molar-refractivity contribution in [1.82, 2.24) is 24.7 Å². The number of amides is 2. The smallest absolute Gasteiger partial charge is 0.325 e. The maximum absolute atomic E-state index is 13.8. The lowest BCUT2D eigenvalue weighted by atomic mass is 9.82. The average Bonchev–Trinajstić information content (AvgIpc) is 3.35. The standard InChI is InChI=1S/C28H33N5O3S/c1-5-33-27(34)32-16-19-13-20(35-3)14-23(36-4)25(19)18(2)12-24(32)28(33)6-10-31(11-7-28)17-21-15-22-26(37-21)30-9-8-29-22/h8-9,12-15,18H,5-7,10-11,16-17H2,1-4H3/t18-/m0/s1. The lowest BCUT2D eigenvalue weighted by Gasteiger charge is -2.44. The molecule has 1 aromatic carbocycles. The van der Waals surface area contributed by atoms with Crippen molar-refractivity contribution in [2.45, 2.75) is 51.2 Å². The number of hydrogen-bond donors (Lipinski definition) is 0. The second-order valence-corrected chi connectivity index (χ2v) is 11.2. The number of carbonyl (C=O) groups excluding carboxylic acids is 1. The van der Waals surface area contributed by atoms with Gasteiger partial charge >= 0.3 is 6.03 Å². The number of aromatic nitrogens is 2. The molecule has 2 fully saturated rings. The third-order valence-corrected chi connectivity index (χ3v) is 9.21. The topological polar surface area (TPSA) is 71.0 Å². The van der Waals surface area contributed by atoms with Crippen molar-refractivity contribution in [2.24, 2.45) is 0 Å². The van der Waals surface area contributed by atoms with E-state index in [-0.39, 0.29) is 17.5 Å². The Kier molecular flexibility index (Phi) is 6.07. The van der Waals surface area contributed by atoms with E-state index in [1.165, 1.54) is 4.88 Å². The lowest BCUT2D eigenvalue weighted by Crippen LogP contribution is -2.53. The van der Waals surface area contributed by atoms with Crippen LogP contribution in [0.25, 0.3) is 10.3 Å². The van der Waals surface area contributed by atoms with Gasteiger partial charge < -0.3 is 14.4 Å². The number of ether oxygens (including phenoxy) is 2. The third-order valence-electron chi connectivity index (χ3n) is 8.19. The van der Waals surface area contributed by atoms with E-state index >= 15 is 0 Å². The number of piperidine rings is 1. The summed E-state index contributed by atoms with van der Waals surface area (Å²) in [5, 5.41) is 0. The van der Waals surface area contributed by atoms with E-state index < -0.39 is 0 Å². The highest BCUT2D eigenvalue weighted by atomic mass is 32.1. The minimum Gasteiger partial charge on any atom is -0.497 e. The van der Waals surface area contributed by atoms with Crippen molar-refractivity contribution >= 4 is 27.7 Å². The summed E-state index contributed by atoms with van der Waals surface area (Å²) in [5.41, 5.74) is 4.06. The number of likely N-dealkylation sites (N-methyl/N-ethyl adjacent to an activating group) is 1. The molecule has 0 saturated carbocycles. The number of thiophene rings is 1. The number of carbonyl (C=O) groups is 1. The molecule has 37 heavy (non-hydrogen) atoms. The Morgan fingerprint density at radius 3 is 2.59 bits per heavy atom. The molecule has 3 aliphatic rings. The molecule has 0 unspecified atom stereocenters. The first-order chi connectivity index (χ1) is 18.0. The largest absolute Gasteiger partial charge is 0.497 e. The van der Waals surface area contributed by atoms with Gasteiger partial charge in [0.2, 0.25) is 0 Å². The van der Waals surface area contributed by atoms with Crippen LogP contribution in [0.5, 0.6) is 11.5 Å². The van der Waals surface area contributed by atoms with E-state index in [9.17, 15) is 4.79 Å². The number of hydrogen-bond acceptors (Lipinski definition) is 7. The number of urea groups is 1. The molecule has 5 heterocycles. The average molecular weight is 520 g/mol. The zero-order valence-corrected chi connectivity index (χ0v) is 22.7. The Labute approximate surface area is 221 Å². The van der Waals surface area contributed by atoms with Crippen LogP contribution < -0.4 is 9.47 Å². The number of allylic oxidation sites excluding steroid dienone is 1. The van der Waals surface area contributed by atoms with E-state index in [4.69, 9.17) is 9.47 Å². The zero-order valence-electron chi connectivity index (χ0n) is 21.9. The van der Waals surface area contributed by atoms with Crippen molar-refractivity contribution in [3.05, 3.63) is 58.4 Å². The second-order valence-electron chi connectivity index (χ2n) is 10.1. The minimum absolute atomic E-state index is 0.102. The molecule has 194 valence electrons. The van der Waals surface area contributed by atoms with Crippen LogP contribution in [0.4, 0.5) is 4.79 Å². The summed E-state index contributed by atoms with van der Waals surface area (Å²) in [6.45, 7) is 8.28. The summed E-state index contributed by atoms with van der Waals surface area (Å²) in [4.78, 5) is 31.6. The van der Waals surface area contributed by atoms with Crippen LogP contribution >= 0.6 is 11.3 Å². The number of benzene rings is 1. The Bertz CT molecular complexity index is 1340. The Morgan fingerprint density at radius 2 is 1.89 bits per heavy atom. The third kappa shape index (κ3) is 3.87. The Morgan fingerprint density at radius 1 is 1.11 bits per heavy atom. The molecule has 0 aliphatic carbocycles. The van der Waals surface area contributed by atoms with Gasteiger partial charge in [-0.05, 0) is 37.5 Å². The van der Waals surface area contributed by atoms with Gasteiger partial charge in [-0.3, -0.25) is 14.8 Å². The van der Waals surface area contributed by atoms with Crippen molar-refractivity contribution in [2.75, 3.05) is 33.9 Å². The van der Waals surface area contributed by atoms with Gasteiger partial charge in [-0.2, -0.15) is 0 Å². The summed E-state index contributed by atoms with van der Waals surface area (Å²) in [7, 11) is 3.37. The molecule has 8 nitrogen and oxygen atoms in total. The molecule has 9 heteroatoms. The molecule has 0 radical (unpaired) electrons. The van der Waals surface area contributed by atoms with Crippen LogP contribution in [0.1, 0.15) is 48.6 Å². The number of fused-ring (bicyclic) bond motifs is 4. The second kappa shape index (κ2) is 9.29. The molecular weight excluding hydrogens is 486 g/mol. The molecule has 3 aliphatic heterocycles. The highest BCUT2D eigenvalue weighted by Crippen LogP contribution is 2.49. The first kappa shape index (κ1) is 24.2. The monoisotopic (exact) mass is 519 g/mol. The lowest BCUT2D eigenvalue weighted by molar-refractivity contribution is 0.0893. The SMILES string of the molecule is CCN1C(=O)N2Cc3cc(OC)cc(OC)c3[C@@H](C)C=C2C12CCN(Cc1cc3nccnc3s1)CC2.